The second kappa shape index (κ2) is 5.08. The molecule has 0 unspecified atom stereocenters. The summed E-state index contributed by atoms with van der Waals surface area (Å²) in [5.74, 6) is 0.129. The Hall–Kier alpha value is -2.16. The molecule has 1 aromatic carbocycles. The number of nitrogens with one attached hydrogen (secondary N) is 1. The second-order valence-electron chi connectivity index (χ2n) is 5.44. The summed E-state index contributed by atoms with van der Waals surface area (Å²) in [4.78, 5) is 16.7. The Bertz CT molecular complexity index is 601. The Morgan fingerprint density at radius 3 is 2.55 bits per heavy atom. The van der Waals surface area contributed by atoms with E-state index in [0.717, 1.165) is 29.7 Å². The van der Waals surface area contributed by atoms with Crippen molar-refractivity contribution in [3.8, 4) is 0 Å². The summed E-state index contributed by atoms with van der Waals surface area (Å²) in [5, 5.41) is 3.04. The minimum atomic E-state index is -0.292. The molecule has 3 rings (SSSR count). The highest BCUT2D eigenvalue weighted by molar-refractivity contribution is 5.91. The van der Waals surface area contributed by atoms with E-state index in [1.807, 2.05) is 55.6 Å². The van der Waals surface area contributed by atoms with Gasteiger partial charge >= 0.3 is 0 Å². The fourth-order valence-electron chi connectivity index (χ4n) is 2.48. The van der Waals surface area contributed by atoms with E-state index in [4.69, 9.17) is 0 Å². The summed E-state index contributed by atoms with van der Waals surface area (Å²) < 4.78 is 0. The number of hydrogen-bond acceptors (Lipinski definition) is 2. The first-order valence-corrected chi connectivity index (χ1v) is 6.96. The molecule has 1 saturated carbocycles. The van der Waals surface area contributed by atoms with Gasteiger partial charge in [0.05, 0.1) is 5.41 Å². The molecule has 1 aliphatic carbocycles. The molecule has 1 aliphatic rings. The number of amides is 1. The molecule has 0 atom stereocenters. The zero-order valence-electron chi connectivity index (χ0n) is 11.6. The van der Waals surface area contributed by atoms with Gasteiger partial charge in [0.2, 0.25) is 5.91 Å². The maximum Gasteiger partial charge on any atom is 0.230 e. The molecule has 20 heavy (non-hydrogen) atoms. The van der Waals surface area contributed by atoms with E-state index in [0.29, 0.717) is 6.54 Å². The predicted octanol–water partition coefficient (Wildman–Crippen LogP) is 2.74. The van der Waals surface area contributed by atoms with E-state index in [9.17, 15) is 4.79 Å². The van der Waals surface area contributed by atoms with Crippen molar-refractivity contribution in [2.75, 3.05) is 0 Å². The van der Waals surface area contributed by atoms with E-state index in [2.05, 4.69) is 10.3 Å². The highest BCUT2D eigenvalue weighted by Gasteiger charge is 2.50. The number of nitrogens with zero attached hydrogens (tertiary/aromatic N) is 1. The largest absolute Gasteiger partial charge is 0.351 e. The van der Waals surface area contributed by atoms with Gasteiger partial charge in [-0.1, -0.05) is 36.4 Å². The molecule has 0 radical (unpaired) electrons. The number of pyridine rings is 1. The Morgan fingerprint density at radius 2 is 1.95 bits per heavy atom. The van der Waals surface area contributed by atoms with Crippen molar-refractivity contribution in [2.45, 2.75) is 31.7 Å². The quantitative estimate of drug-likeness (QED) is 0.924. The Labute approximate surface area is 119 Å². The van der Waals surface area contributed by atoms with Crippen molar-refractivity contribution in [1.82, 2.24) is 10.3 Å². The second-order valence-corrected chi connectivity index (χ2v) is 5.44. The molecular formula is C17H18N2O. The van der Waals surface area contributed by atoms with Crippen molar-refractivity contribution >= 4 is 5.91 Å². The Morgan fingerprint density at radius 1 is 1.20 bits per heavy atom. The standard InChI is InChI=1S/C17H18N2O/c1-13-7-8-14(11-18-13)12-19-16(20)17(9-10-17)15-5-3-2-4-6-15/h2-8,11H,9-10,12H2,1H3,(H,19,20). The maximum atomic E-state index is 12.4. The average molecular weight is 266 g/mol. The van der Waals surface area contributed by atoms with E-state index in [1.54, 1.807) is 0 Å². The minimum absolute atomic E-state index is 0.129. The maximum absolute atomic E-state index is 12.4. The van der Waals surface area contributed by atoms with Gasteiger partial charge in [-0.2, -0.15) is 0 Å². The van der Waals surface area contributed by atoms with Gasteiger partial charge in [0, 0.05) is 18.4 Å². The monoisotopic (exact) mass is 266 g/mol. The van der Waals surface area contributed by atoms with Gasteiger partial charge < -0.3 is 5.32 Å². The summed E-state index contributed by atoms with van der Waals surface area (Å²) in [7, 11) is 0. The van der Waals surface area contributed by atoms with Crippen LogP contribution in [0.5, 0.6) is 0 Å². The lowest BCUT2D eigenvalue weighted by Gasteiger charge is -2.15. The predicted molar refractivity (Wildman–Crippen MR) is 78.2 cm³/mol. The zero-order valence-corrected chi connectivity index (χ0v) is 11.6. The lowest BCUT2D eigenvalue weighted by molar-refractivity contribution is -0.123. The number of carbonyl (C=O) groups is 1. The number of benzene rings is 1. The third kappa shape index (κ3) is 2.44. The summed E-state index contributed by atoms with van der Waals surface area (Å²) >= 11 is 0. The molecule has 1 fully saturated rings. The fourth-order valence-corrected chi connectivity index (χ4v) is 2.48. The number of hydrogen-bond donors (Lipinski definition) is 1. The van der Waals surface area contributed by atoms with Crippen LogP contribution in [0.3, 0.4) is 0 Å². The summed E-state index contributed by atoms with van der Waals surface area (Å²) in [5.41, 5.74) is 2.86. The third-order valence-electron chi connectivity index (χ3n) is 3.94. The van der Waals surface area contributed by atoms with E-state index >= 15 is 0 Å². The summed E-state index contributed by atoms with van der Waals surface area (Å²) in [6, 6.07) is 14.0. The molecule has 1 aromatic heterocycles. The third-order valence-corrected chi connectivity index (χ3v) is 3.94. The molecule has 0 saturated heterocycles. The molecule has 0 aliphatic heterocycles. The van der Waals surface area contributed by atoms with Crippen molar-refractivity contribution < 1.29 is 4.79 Å². The minimum Gasteiger partial charge on any atom is -0.351 e. The number of aryl methyl sites for hydroxylation is 1. The topological polar surface area (TPSA) is 42.0 Å². The number of rotatable bonds is 4. The first-order chi connectivity index (χ1) is 9.71. The summed E-state index contributed by atoms with van der Waals surface area (Å²) in [6.45, 7) is 2.50. The first-order valence-electron chi connectivity index (χ1n) is 6.96. The Kier molecular flexibility index (Phi) is 3.26. The van der Waals surface area contributed by atoms with E-state index in [-0.39, 0.29) is 11.3 Å². The lowest BCUT2D eigenvalue weighted by Crippen LogP contribution is -2.34. The smallest absolute Gasteiger partial charge is 0.230 e. The van der Waals surface area contributed by atoms with Gasteiger partial charge in [0.25, 0.3) is 0 Å². The van der Waals surface area contributed by atoms with Crippen molar-refractivity contribution in [1.29, 1.82) is 0 Å². The van der Waals surface area contributed by atoms with Crippen molar-refractivity contribution in [3.63, 3.8) is 0 Å². The van der Waals surface area contributed by atoms with Crippen LogP contribution in [0.2, 0.25) is 0 Å². The molecule has 1 amide bonds. The Balaban J connectivity index is 1.67. The van der Waals surface area contributed by atoms with Gasteiger partial charge in [-0.3, -0.25) is 9.78 Å². The van der Waals surface area contributed by atoms with Crippen LogP contribution >= 0.6 is 0 Å². The average Bonchev–Trinajstić information content (AvgIpc) is 3.29. The van der Waals surface area contributed by atoms with Gasteiger partial charge in [-0.05, 0) is 37.0 Å². The first kappa shape index (κ1) is 12.9. The SMILES string of the molecule is Cc1ccc(CNC(=O)C2(c3ccccc3)CC2)cn1. The molecular weight excluding hydrogens is 248 g/mol. The van der Waals surface area contributed by atoms with Gasteiger partial charge in [-0.15, -0.1) is 0 Å². The van der Waals surface area contributed by atoms with Crippen LogP contribution in [0.4, 0.5) is 0 Å². The van der Waals surface area contributed by atoms with Crippen molar-refractivity contribution in [2.24, 2.45) is 0 Å². The fraction of sp³-hybridized carbons (Fsp3) is 0.294. The van der Waals surface area contributed by atoms with Crippen LogP contribution in [0.25, 0.3) is 0 Å². The van der Waals surface area contributed by atoms with Crippen LogP contribution in [-0.2, 0) is 16.8 Å². The molecule has 1 N–H and O–H groups in total. The molecule has 0 spiro atoms. The normalized spacial score (nSPS) is 15.7. The molecule has 3 nitrogen and oxygen atoms in total. The zero-order chi connectivity index (χ0) is 14.0. The number of aromatic nitrogens is 1. The van der Waals surface area contributed by atoms with E-state index in [1.165, 1.54) is 0 Å². The molecule has 102 valence electrons. The van der Waals surface area contributed by atoms with Gasteiger partial charge in [0.15, 0.2) is 0 Å². The molecule has 2 aromatic rings. The lowest BCUT2D eigenvalue weighted by atomic mass is 9.95. The van der Waals surface area contributed by atoms with Crippen LogP contribution in [0, 0.1) is 6.92 Å². The van der Waals surface area contributed by atoms with Gasteiger partial charge in [0.1, 0.15) is 0 Å². The van der Waals surface area contributed by atoms with Crippen LogP contribution in [0.1, 0.15) is 29.7 Å². The number of carbonyl (C=O) groups excluding carboxylic acids is 1. The van der Waals surface area contributed by atoms with Crippen LogP contribution in [0.15, 0.2) is 48.7 Å². The van der Waals surface area contributed by atoms with Crippen molar-refractivity contribution in [3.05, 3.63) is 65.5 Å². The van der Waals surface area contributed by atoms with Gasteiger partial charge in [-0.25, -0.2) is 0 Å². The van der Waals surface area contributed by atoms with E-state index < -0.39 is 0 Å². The van der Waals surface area contributed by atoms with Crippen LogP contribution < -0.4 is 5.32 Å². The highest BCUT2D eigenvalue weighted by atomic mass is 16.2. The van der Waals surface area contributed by atoms with Crippen LogP contribution in [-0.4, -0.2) is 10.9 Å². The highest BCUT2D eigenvalue weighted by Crippen LogP contribution is 2.48. The summed E-state index contributed by atoms with van der Waals surface area (Å²) in [6.07, 6.45) is 3.70. The molecule has 3 heteroatoms. The molecule has 0 bridgehead atoms. The molecule has 1 heterocycles.